The van der Waals surface area contributed by atoms with E-state index in [1.807, 2.05) is 39.6 Å². The number of rotatable bonds is 4. The largest absolute Gasteiger partial charge is 0.339 e. The highest BCUT2D eigenvalue weighted by molar-refractivity contribution is 7.10. The first-order valence-electron chi connectivity index (χ1n) is 7.11. The first-order chi connectivity index (χ1) is 10.5. The van der Waals surface area contributed by atoms with Gasteiger partial charge < -0.3 is 4.90 Å². The molecular formula is C16H19N5S. The Bertz CT molecular complexity index is 789. The maximum atomic E-state index is 4.73. The van der Waals surface area contributed by atoms with E-state index in [9.17, 15) is 0 Å². The molecule has 0 aromatic carbocycles. The predicted molar refractivity (Wildman–Crippen MR) is 90.1 cm³/mol. The minimum Gasteiger partial charge on any atom is -0.339 e. The van der Waals surface area contributed by atoms with Crippen LogP contribution in [0.5, 0.6) is 0 Å². The van der Waals surface area contributed by atoms with Gasteiger partial charge in [-0.25, -0.2) is 9.97 Å². The van der Waals surface area contributed by atoms with Crippen LogP contribution in [-0.4, -0.2) is 26.8 Å². The summed E-state index contributed by atoms with van der Waals surface area (Å²) in [5, 5.41) is 6.35. The summed E-state index contributed by atoms with van der Waals surface area (Å²) in [5.41, 5.74) is 4.33. The van der Waals surface area contributed by atoms with E-state index in [1.54, 1.807) is 16.0 Å². The molecule has 0 aliphatic rings. The predicted octanol–water partition coefficient (Wildman–Crippen LogP) is 3.19. The van der Waals surface area contributed by atoms with E-state index >= 15 is 0 Å². The molecule has 5 nitrogen and oxygen atoms in total. The molecule has 0 aliphatic carbocycles. The Morgan fingerprint density at radius 2 is 2.05 bits per heavy atom. The molecule has 3 heterocycles. The molecule has 0 atom stereocenters. The third kappa shape index (κ3) is 2.87. The minimum absolute atomic E-state index is 0.734. The lowest BCUT2D eigenvalue weighted by molar-refractivity contribution is 0.768. The van der Waals surface area contributed by atoms with E-state index in [4.69, 9.17) is 4.98 Å². The molecule has 0 unspecified atom stereocenters. The van der Waals surface area contributed by atoms with Gasteiger partial charge >= 0.3 is 0 Å². The van der Waals surface area contributed by atoms with Crippen LogP contribution in [0.4, 0.5) is 5.95 Å². The molecule has 3 aromatic rings. The zero-order valence-electron chi connectivity index (χ0n) is 13.2. The van der Waals surface area contributed by atoms with E-state index in [2.05, 4.69) is 33.4 Å². The molecule has 0 bridgehead atoms. The summed E-state index contributed by atoms with van der Waals surface area (Å²) in [6.07, 6.45) is 5.69. The zero-order valence-corrected chi connectivity index (χ0v) is 14.1. The van der Waals surface area contributed by atoms with Crippen LogP contribution < -0.4 is 4.90 Å². The molecule has 3 rings (SSSR count). The molecule has 0 radical (unpaired) electrons. The summed E-state index contributed by atoms with van der Waals surface area (Å²) in [6.45, 7) is 4.98. The van der Waals surface area contributed by atoms with Crippen molar-refractivity contribution in [3.05, 3.63) is 46.0 Å². The van der Waals surface area contributed by atoms with Gasteiger partial charge in [-0.05, 0) is 36.4 Å². The molecule has 0 saturated carbocycles. The minimum atomic E-state index is 0.734. The van der Waals surface area contributed by atoms with Crippen molar-refractivity contribution in [2.45, 2.75) is 20.4 Å². The van der Waals surface area contributed by atoms with Gasteiger partial charge in [-0.3, -0.25) is 4.68 Å². The third-order valence-electron chi connectivity index (χ3n) is 3.63. The highest BCUT2D eigenvalue weighted by Crippen LogP contribution is 2.24. The van der Waals surface area contributed by atoms with Crippen LogP contribution in [-0.2, 0) is 13.6 Å². The molecule has 0 N–H and O–H groups in total. The van der Waals surface area contributed by atoms with Gasteiger partial charge in [0.05, 0.1) is 18.4 Å². The standard InChI is InChI=1S/C16H19N5S/c1-11-5-6-22-14(11)10-20(3)16-17-7-12(2)15(19-16)13-8-18-21(4)9-13/h5-9H,10H2,1-4H3. The van der Waals surface area contributed by atoms with Gasteiger partial charge in [-0.2, -0.15) is 5.10 Å². The lowest BCUT2D eigenvalue weighted by atomic mass is 10.1. The second-order valence-electron chi connectivity index (χ2n) is 5.49. The Hall–Kier alpha value is -2.21. The van der Waals surface area contributed by atoms with Gasteiger partial charge in [-0.1, -0.05) is 0 Å². The second kappa shape index (κ2) is 5.88. The normalized spacial score (nSPS) is 10.9. The highest BCUT2D eigenvalue weighted by atomic mass is 32.1. The van der Waals surface area contributed by atoms with Crippen LogP contribution >= 0.6 is 11.3 Å². The van der Waals surface area contributed by atoms with E-state index < -0.39 is 0 Å². The van der Waals surface area contributed by atoms with Gasteiger partial charge in [0.15, 0.2) is 0 Å². The van der Waals surface area contributed by atoms with Gasteiger partial charge in [0, 0.05) is 36.9 Å². The zero-order chi connectivity index (χ0) is 15.7. The smallest absolute Gasteiger partial charge is 0.225 e. The molecule has 114 valence electrons. The van der Waals surface area contributed by atoms with Crippen molar-refractivity contribution in [1.29, 1.82) is 0 Å². The van der Waals surface area contributed by atoms with E-state index in [1.165, 1.54) is 10.4 Å². The Kier molecular flexibility index (Phi) is 3.94. The summed E-state index contributed by atoms with van der Waals surface area (Å²) >= 11 is 1.77. The summed E-state index contributed by atoms with van der Waals surface area (Å²) in [5.74, 6) is 0.734. The monoisotopic (exact) mass is 313 g/mol. The number of nitrogens with zero attached hydrogens (tertiary/aromatic N) is 5. The number of aryl methyl sites for hydroxylation is 3. The first-order valence-corrected chi connectivity index (χ1v) is 7.99. The van der Waals surface area contributed by atoms with Gasteiger partial charge in [0.2, 0.25) is 5.95 Å². The fourth-order valence-electron chi connectivity index (χ4n) is 2.30. The van der Waals surface area contributed by atoms with Crippen molar-refractivity contribution in [1.82, 2.24) is 19.7 Å². The summed E-state index contributed by atoms with van der Waals surface area (Å²) in [6, 6.07) is 2.14. The molecular weight excluding hydrogens is 294 g/mol. The summed E-state index contributed by atoms with van der Waals surface area (Å²) < 4.78 is 1.79. The van der Waals surface area contributed by atoms with Crippen LogP contribution in [0.2, 0.25) is 0 Å². The molecule has 0 fully saturated rings. The molecule has 0 spiro atoms. The molecule has 0 saturated heterocycles. The van der Waals surface area contributed by atoms with E-state index in [0.717, 1.165) is 29.3 Å². The average molecular weight is 313 g/mol. The molecule has 0 aliphatic heterocycles. The van der Waals surface area contributed by atoms with Gasteiger partial charge in [0.1, 0.15) is 0 Å². The quantitative estimate of drug-likeness (QED) is 0.742. The van der Waals surface area contributed by atoms with E-state index in [0.29, 0.717) is 0 Å². The van der Waals surface area contributed by atoms with Gasteiger partial charge in [0.25, 0.3) is 0 Å². The van der Waals surface area contributed by atoms with E-state index in [-0.39, 0.29) is 0 Å². The van der Waals surface area contributed by atoms with Crippen molar-refractivity contribution in [2.75, 3.05) is 11.9 Å². The number of anilines is 1. The lowest BCUT2D eigenvalue weighted by Crippen LogP contribution is -2.19. The van der Waals surface area contributed by atoms with Crippen molar-refractivity contribution >= 4 is 17.3 Å². The highest BCUT2D eigenvalue weighted by Gasteiger charge is 2.12. The summed E-state index contributed by atoms with van der Waals surface area (Å²) in [4.78, 5) is 12.6. The Labute approximate surface area is 134 Å². The van der Waals surface area contributed by atoms with Crippen molar-refractivity contribution in [2.24, 2.45) is 7.05 Å². The fraction of sp³-hybridized carbons (Fsp3) is 0.312. The maximum absolute atomic E-state index is 4.73. The lowest BCUT2D eigenvalue weighted by Gasteiger charge is -2.17. The molecule has 6 heteroatoms. The number of thiophene rings is 1. The fourth-order valence-corrected chi connectivity index (χ4v) is 3.26. The molecule has 3 aromatic heterocycles. The third-order valence-corrected chi connectivity index (χ3v) is 4.64. The van der Waals surface area contributed by atoms with Gasteiger partial charge in [-0.15, -0.1) is 11.3 Å². The topological polar surface area (TPSA) is 46.8 Å². The maximum Gasteiger partial charge on any atom is 0.225 e. The second-order valence-corrected chi connectivity index (χ2v) is 6.49. The van der Waals surface area contributed by atoms with Crippen LogP contribution in [0.25, 0.3) is 11.3 Å². The van der Waals surface area contributed by atoms with Crippen molar-refractivity contribution in [3.63, 3.8) is 0 Å². The average Bonchev–Trinajstić information content (AvgIpc) is 3.09. The Balaban J connectivity index is 1.90. The number of hydrogen-bond acceptors (Lipinski definition) is 5. The number of hydrogen-bond donors (Lipinski definition) is 0. The van der Waals surface area contributed by atoms with Crippen molar-refractivity contribution < 1.29 is 0 Å². The SMILES string of the molecule is Cc1cnc(N(C)Cc2sccc2C)nc1-c1cnn(C)c1. The number of aromatic nitrogens is 4. The Morgan fingerprint density at radius 3 is 2.68 bits per heavy atom. The van der Waals surface area contributed by atoms with Crippen LogP contribution in [0.3, 0.4) is 0 Å². The van der Waals surface area contributed by atoms with Crippen LogP contribution in [0.15, 0.2) is 30.0 Å². The molecule has 22 heavy (non-hydrogen) atoms. The van der Waals surface area contributed by atoms with Crippen molar-refractivity contribution in [3.8, 4) is 11.3 Å². The first kappa shape index (κ1) is 14.7. The molecule has 0 amide bonds. The Morgan fingerprint density at radius 1 is 1.23 bits per heavy atom. The van der Waals surface area contributed by atoms with Crippen LogP contribution in [0, 0.1) is 13.8 Å². The summed E-state index contributed by atoms with van der Waals surface area (Å²) in [7, 11) is 3.93. The van der Waals surface area contributed by atoms with Crippen LogP contribution in [0.1, 0.15) is 16.0 Å².